The van der Waals surface area contributed by atoms with Crippen molar-refractivity contribution in [3.63, 3.8) is 0 Å². The average molecular weight is 1560 g/mol. The van der Waals surface area contributed by atoms with Crippen molar-refractivity contribution in [1.82, 2.24) is 75.3 Å². The van der Waals surface area contributed by atoms with E-state index < -0.39 is 0 Å². The second-order valence-corrected chi connectivity index (χ2v) is 25.6. The van der Waals surface area contributed by atoms with Crippen LogP contribution in [0.1, 0.15) is 101 Å². The zero-order valence-electron chi connectivity index (χ0n) is 65.0. The average Bonchev–Trinajstić information content (AvgIpc) is 1.61. The SMILES string of the molecule is C#CC#CC#CC#CC#CC#CC#CC#CC#CC#CC#CC#CC#C.Cc1cc(Oc2nccc3[nH]ncc23)ccc1-c1c(C)n[nH]c(=O)c1C.Cc1cc(Oc2nccc3[nH]ncc23)ccc1-c1c(C)n[nH]c(=O)c1C.Cc1cc(Oc2nccc3c2cnn3C2CCCCO2)ccc1-c1c(C)nn(C2CCCCO2)c(=O)c1C.Cl. The van der Waals surface area contributed by atoms with E-state index in [0.29, 0.717) is 58.2 Å². The van der Waals surface area contributed by atoms with Crippen LogP contribution in [-0.2, 0) is 9.47 Å². The first-order valence-electron chi connectivity index (χ1n) is 36.1. The van der Waals surface area contributed by atoms with Gasteiger partial charge < -0.3 is 23.7 Å². The van der Waals surface area contributed by atoms with E-state index in [2.05, 4.69) is 208 Å². The van der Waals surface area contributed by atoms with Gasteiger partial charge in [-0.25, -0.2) is 34.5 Å². The largest absolute Gasteiger partial charge is 0.438 e. The highest BCUT2D eigenvalue weighted by Gasteiger charge is 2.25. The molecule has 2 unspecified atom stereocenters. The van der Waals surface area contributed by atoms with Crippen molar-refractivity contribution >= 4 is 45.1 Å². The summed E-state index contributed by atoms with van der Waals surface area (Å²) in [6.07, 6.45) is 25.8. The van der Waals surface area contributed by atoms with E-state index in [1.54, 1.807) is 51.0 Å². The molecule has 0 radical (unpaired) electrons. The Hall–Kier alpha value is -16.0. The maximum absolute atomic E-state index is 13.2. The Labute approximate surface area is 681 Å². The van der Waals surface area contributed by atoms with Crippen LogP contribution in [0.3, 0.4) is 0 Å². The summed E-state index contributed by atoms with van der Waals surface area (Å²) in [4.78, 5) is 50.1. The van der Waals surface area contributed by atoms with Crippen LogP contribution < -0.4 is 30.9 Å². The number of aromatic amines is 4. The molecule has 0 spiro atoms. The Morgan fingerprint density at radius 3 is 1.14 bits per heavy atom. The molecule has 24 heteroatoms. The molecule has 11 heterocycles. The van der Waals surface area contributed by atoms with Crippen LogP contribution in [0.2, 0.25) is 0 Å². The molecule has 0 aliphatic carbocycles. The molecule has 4 N–H and O–H groups in total. The third-order valence-electron chi connectivity index (χ3n) is 17.8. The van der Waals surface area contributed by atoms with Crippen LogP contribution in [0.25, 0.3) is 66.1 Å². The Kier molecular flexibility index (Phi) is 29.5. The monoisotopic (exact) mass is 1560 g/mol. The number of hydrogen-bond acceptors (Lipinski definition) is 17. The van der Waals surface area contributed by atoms with E-state index in [1.807, 2.05) is 126 Å². The number of pyridine rings is 3. The molecule has 3 aromatic carbocycles. The number of aromatic nitrogens is 15. The maximum Gasteiger partial charge on any atom is 0.272 e. The normalized spacial score (nSPS) is 12.3. The molecule has 12 aromatic rings. The molecule has 2 aliphatic heterocycles. The van der Waals surface area contributed by atoms with Crippen LogP contribution >= 0.6 is 12.4 Å². The van der Waals surface area contributed by atoms with Crippen molar-refractivity contribution in [2.24, 2.45) is 0 Å². The van der Waals surface area contributed by atoms with Gasteiger partial charge in [-0.1, -0.05) is 18.2 Å². The first kappa shape index (κ1) is 83.5. The lowest BCUT2D eigenvalue weighted by atomic mass is 9.96. The summed E-state index contributed by atoms with van der Waals surface area (Å²) < 4.78 is 33.4. The van der Waals surface area contributed by atoms with Crippen molar-refractivity contribution in [3.8, 4) is 223 Å². The molecule has 0 amide bonds. The molecule has 0 saturated carbocycles. The molecule has 2 atom stereocenters. The Bertz CT molecular complexity index is 6590. The van der Waals surface area contributed by atoms with Crippen LogP contribution in [0, 0.1) is 217 Å². The zero-order chi connectivity index (χ0) is 81.7. The molecule has 572 valence electrons. The van der Waals surface area contributed by atoms with E-state index in [4.69, 9.17) is 36.5 Å². The Morgan fingerprint density at radius 1 is 0.410 bits per heavy atom. The molecular weight excluding hydrogens is 1490 g/mol. The van der Waals surface area contributed by atoms with Gasteiger partial charge >= 0.3 is 0 Å². The standard InChI is InChI=1S/C29H33N5O4.C26H2.2C19H17N5O2.ClH/c1-18-16-21(38-28-23-17-31-33(24(23)12-13-30-28)25-8-4-6-14-36-25)10-11-22(18)27-19(2)29(35)34(32-20(27)3)26-9-5-7-15-37-26;1-3-5-7-9-11-13-15-17-19-21-23-25-26-24-22-20-18-16-14-12-10-8-6-4-2;2*1-10-8-13(26-19-15-9-21-23-16(15)6-7-20-19)4-5-14(10)17-11(2)18(25)24-22-12(17)3;/h10-13,16-17,25-26H,4-9,14-15H2,1-3H3;1-2H;2*4-9H,1-3H3,(H,21,23)(H,24,25);1H. The lowest BCUT2D eigenvalue weighted by Crippen LogP contribution is -2.33. The van der Waals surface area contributed by atoms with Gasteiger partial charge in [-0.3, -0.25) is 24.6 Å². The minimum Gasteiger partial charge on any atom is -0.438 e. The highest BCUT2D eigenvalue weighted by molar-refractivity contribution is 5.86. The van der Waals surface area contributed by atoms with Gasteiger partial charge in [0.25, 0.3) is 16.7 Å². The van der Waals surface area contributed by atoms with E-state index in [1.165, 1.54) is 4.68 Å². The Morgan fingerprint density at radius 2 is 0.769 bits per heavy atom. The van der Waals surface area contributed by atoms with Gasteiger partial charge in [-0.15, -0.1) is 25.3 Å². The van der Waals surface area contributed by atoms with Crippen molar-refractivity contribution < 1.29 is 23.7 Å². The number of rotatable bonds is 11. The van der Waals surface area contributed by atoms with Crippen molar-refractivity contribution in [3.05, 3.63) is 192 Å². The number of nitrogens with zero attached hydrogens (tertiary/aromatic N) is 11. The molecule has 2 aliphatic rings. The molecule has 117 heavy (non-hydrogen) atoms. The quantitative estimate of drug-likeness (QED) is 0.0875. The van der Waals surface area contributed by atoms with Crippen LogP contribution in [0.4, 0.5) is 0 Å². The molecule has 9 aromatic heterocycles. The summed E-state index contributed by atoms with van der Waals surface area (Å²) >= 11 is 0. The van der Waals surface area contributed by atoms with Crippen LogP contribution in [-0.4, -0.2) is 88.5 Å². The van der Waals surface area contributed by atoms with E-state index in [-0.39, 0.29) is 41.5 Å². The fraction of sp³-hybridized carbons (Fsp3) is 0.204. The number of benzene rings is 3. The zero-order valence-corrected chi connectivity index (χ0v) is 65.8. The van der Waals surface area contributed by atoms with Crippen molar-refractivity contribution in [2.75, 3.05) is 13.2 Å². The van der Waals surface area contributed by atoms with Crippen molar-refractivity contribution in [2.45, 2.75) is 113 Å². The molecule has 2 saturated heterocycles. The number of halogens is 1. The molecule has 23 nitrogen and oxygen atoms in total. The highest BCUT2D eigenvalue weighted by Crippen LogP contribution is 2.38. The number of nitrogens with one attached hydrogen (secondary N) is 4. The lowest BCUT2D eigenvalue weighted by Gasteiger charge is -2.25. The lowest BCUT2D eigenvalue weighted by molar-refractivity contribution is -0.0428. The topological polar surface area (TPSA) is 286 Å². The summed E-state index contributed by atoms with van der Waals surface area (Å²) in [6.45, 7) is 18.6. The van der Waals surface area contributed by atoms with Gasteiger partial charge in [-0.2, -0.15) is 30.6 Å². The predicted molar refractivity (Wildman–Crippen MR) is 451 cm³/mol. The predicted octanol–water partition coefficient (Wildman–Crippen LogP) is 13.3. The van der Waals surface area contributed by atoms with Gasteiger partial charge in [-0.05, 0) is 284 Å². The minimum atomic E-state index is -0.288. The number of H-pyrrole nitrogens is 4. The summed E-state index contributed by atoms with van der Waals surface area (Å²) in [6, 6.07) is 23.0. The second-order valence-electron chi connectivity index (χ2n) is 25.6. The number of aryl methyl sites for hydroxylation is 6. The molecular formula is C93H70ClN15O8. The number of ether oxygens (including phenoxy) is 5. The number of terminal acetylenes is 2. The fourth-order valence-corrected chi connectivity index (χ4v) is 12.4. The van der Waals surface area contributed by atoms with Crippen LogP contribution in [0.15, 0.2) is 124 Å². The minimum absolute atomic E-state index is 0. The van der Waals surface area contributed by atoms with E-state index in [9.17, 15) is 14.4 Å². The third-order valence-corrected chi connectivity index (χ3v) is 17.8. The maximum atomic E-state index is 13.2. The van der Waals surface area contributed by atoms with Gasteiger partial charge in [0.15, 0.2) is 12.5 Å². The smallest absolute Gasteiger partial charge is 0.272 e. The fourth-order valence-electron chi connectivity index (χ4n) is 12.4. The van der Waals surface area contributed by atoms with E-state index in [0.717, 1.165) is 145 Å². The number of hydrogen-bond donors (Lipinski definition) is 4. The van der Waals surface area contributed by atoms with Gasteiger partial charge in [0.2, 0.25) is 17.6 Å². The summed E-state index contributed by atoms with van der Waals surface area (Å²) in [5.74, 6) is 61.7. The van der Waals surface area contributed by atoms with Crippen LogP contribution in [0.5, 0.6) is 34.9 Å². The summed E-state index contributed by atoms with van der Waals surface area (Å²) in [5.41, 5.74) is 15.0. The van der Waals surface area contributed by atoms with E-state index >= 15 is 0 Å². The molecule has 14 rings (SSSR count). The second kappa shape index (κ2) is 41.4. The first-order valence-corrected chi connectivity index (χ1v) is 36.1. The Balaban J connectivity index is 0.000000167. The summed E-state index contributed by atoms with van der Waals surface area (Å²) in [7, 11) is 0. The first-order chi connectivity index (χ1) is 56.5. The highest BCUT2D eigenvalue weighted by atomic mass is 35.5. The third kappa shape index (κ3) is 21.6. The molecule has 2 fully saturated rings. The summed E-state index contributed by atoms with van der Waals surface area (Å²) in [5, 5.41) is 38.7. The van der Waals surface area contributed by atoms with Gasteiger partial charge in [0, 0.05) is 113 Å². The van der Waals surface area contributed by atoms with Gasteiger partial charge in [0.05, 0.1) is 68.4 Å². The number of fused-ring (bicyclic) bond motifs is 3. The van der Waals surface area contributed by atoms with Gasteiger partial charge in [0.1, 0.15) is 17.2 Å². The molecule has 0 bridgehead atoms. The van der Waals surface area contributed by atoms with Crippen molar-refractivity contribution in [1.29, 1.82) is 0 Å².